The van der Waals surface area contributed by atoms with Gasteiger partial charge in [0.25, 0.3) is 5.69 Å². The van der Waals surface area contributed by atoms with E-state index in [2.05, 4.69) is 10.3 Å². The van der Waals surface area contributed by atoms with Crippen molar-refractivity contribution in [1.29, 1.82) is 5.26 Å². The lowest BCUT2D eigenvalue weighted by molar-refractivity contribution is -0.384. The maximum atomic E-state index is 11.7. The van der Waals surface area contributed by atoms with Crippen LogP contribution in [0.2, 0.25) is 0 Å². The van der Waals surface area contributed by atoms with Gasteiger partial charge in [0.05, 0.1) is 22.7 Å². The fraction of sp³-hybridized carbons (Fsp3) is 0.0556. The lowest BCUT2D eigenvalue weighted by atomic mass is 10.1. The molecule has 0 atom stereocenters. The van der Waals surface area contributed by atoms with Gasteiger partial charge in [0.1, 0.15) is 6.07 Å². The van der Waals surface area contributed by atoms with Gasteiger partial charge in [-0.2, -0.15) is 5.26 Å². The third-order valence-corrected chi connectivity index (χ3v) is 3.68. The number of non-ortho nitro benzene ring substituents is 1. The Hall–Kier alpha value is -3.99. The molecule has 8 heteroatoms. The number of benzene rings is 2. The van der Waals surface area contributed by atoms with E-state index in [1.54, 1.807) is 18.3 Å². The topological polar surface area (TPSA) is 114 Å². The molecule has 0 saturated carbocycles. The molecule has 26 heavy (non-hydrogen) atoms. The van der Waals surface area contributed by atoms with Crippen LogP contribution in [0, 0.1) is 21.4 Å². The highest BCUT2D eigenvalue weighted by molar-refractivity contribution is 5.68. The molecule has 3 aromatic rings. The van der Waals surface area contributed by atoms with Gasteiger partial charge in [0, 0.05) is 30.2 Å². The molecule has 8 nitrogen and oxygen atoms in total. The minimum atomic E-state index is -0.545. The molecule has 1 N–H and O–H groups in total. The molecule has 128 valence electrons. The van der Waals surface area contributed by atoms with Crippen LogP contribution in [0.3, 0.4) is 0 Å². The number of nitrogens with one attached hydrogen (secondary N) is 1. The summed E-state index contributed by atoms with van der Waals surface area (Å²) >= 11 is 0. The van der Waals surface area contributed by atoms with Gasteiger partial charge in [-0.05, 0) is 29.8 Å². The van der Waals surface area contributed by atoms with Gasteiger partial charge in [-0.25, -0.2) is 9.78 Å². The molecule has 2 aromatic carbocycles. The summed E-state index contributed by atoms with van der Waals surface area (Å²) in [5.74, 6) is 0. The van der Waals surface area contributed by atoms with E-state index in [9.17, 15) is 20.2 Å². The van der Waals surface area contributed by atoms with E-state index in [0.29, 0.717) is 17.9 Å². The van der Waals surface area contributed by atoms with Crippen molar-refractivity contribution in [3.05, 3.63) is 92.7 Å². The number of nitrogens with zero attached hydrogens (tertiary/aromatic N) is 4. The summed E-state index contributed by atoms with van der Waals surface area (Å²) in [6.07, 6.45) is 3.09. The standard InChI is InChI=1S/C18H13N5O3/c19-11-14-10-16(23(25)26)5-6-17(14)21-15-4-1-3-13(9-15)12-22-8-2-7-20-18(22)24/h1-10,21H,12H2. The molecule has 0 saturated heterocycles. The molecular formula is C18H13N5O3. The summed E-state index contributed by atoms with van der Waals surface area (Å²) in [7, 11) is 0. The van der Waals surface area contributed by atoms with Crippen molar-refractivity contribution in [2.75, 3.05) is 5.32 Å². The predicted octanol–water partition coefficient (Wildman–Crippen LogP) is 2.82. The molecule has 0 unspecified atom stereocenters. The first-order valence-corrected chi connectivity index (χ1v) is 7.63. The molecule has 1 aromatic heterocycles. The minimum Gasteiger partial charge on any atom is -0.354 e. The molecule has 0 bridgehead atoms. The number of nitro benzene ring substituents is 1. The van der Waals surface area contributed by atoms with Crippen molar-refractivity contribution in [2.45, 2.75) is 6.54 Å². The summed E-state index contributed by atoms with van der Waals surface area (Å²) in [5, 5.41) is 23.1. The van der Waals surface area contributed by atoms with E-state index < -0.39 is 4.92 Å². The van der Waals surface area contributed by atoms with Crippen LogP contribution in [0.4, 0.5) is 17.1 Å². The van der Waals surface area contributed by atoms with E-state index in [1.165, 1.54) is 29.0 Å². The van der Waals surface area contributed by atoms with E-state index in [-0.39, 0.29) is 16.9 Å². The Kier molecular flexibility index (Phi) is 4.71. The average Bonchev–Trinajstić information content (AvgIpc) is 2.64. The number of hydrogen-bond acceptors (Lipinski definition) is 6. The number of aromatic nitrogens is 2. The third-order valence-electron chi connectivity index (χ3n) is 3.68. The second-order valence-electron chi connectivity index (χ2n) is 5.45. The minimum absolute atomic E-state index is 0.142. The fourth-order valence-corrected chi connectivity index (χ4v) is 2.45. The maximum Gasteiger partial charge on any atom is 0.347 e. The van der Waals surface area contributed by atoms with Crippen LogP contribution in [0.25, 0.3) is 0 Å². The monoisotopic (exact) mass is 347 g/mol. The summed E-state index contributed by atoms with van der Waals surface area (Å²) in [4.78, 5) is 25.7. The van der Waals surface area contributed by atoms with Crippen LogP contribution in [-0.2, 0) is 6.54 Å². The first-order valence-electron chi connectivity index (χ1n) is 7.63. The second kappa shape index (κ2) is 7.27. The average molecular weight is 347 g/mol. The highest BCUT2D eigenvalue weighted by Gasteiger charge is 2.11. The van der Waals surface area contributed by atoms with E-state index >= 15 is 0 Å². The van der Waals surface area contributed by atoms with Crippen LogP contribution >= 0.6 is 0 Å². The Morgan fingerprint density at radius 1 is 1.23 bits per heavy atom. The Morgan fingerprint density at radius 3 is 2.81 bits per heavy atom. The summed E-state index contributed by atoms with van der Waals surface area (Å²) in [5.41, 5.74) is 1.72. The van der Waals surface area contributed by atoms with Gasteiger partial charge in [-0.1, -0.05) is 12.1 Å². The first-order chi connectivity index (χ1) is 12.6. The summed E-state index contributed by atoms with van der Waals surface area (Å²) in [6.45, 7) is 0.355. The van der Waals surface area contributed by atoms with Crippen LogP contribution in [-0.4, -0.2) is 14.5 Å². The van der Waals surface area contributed by atoms with Gasteiger partial charge in [0.2, 0.25) is 0 Å². The van der Waals surface area contributed by atoms with Crippen molar-refractivity contribution in [3.8, 4) is 6.07 Å². The largest absolute Gasteiger partial charge is 0.354 e. The van der Waals surface area contributed by atoms with Crippen LogP contribution in [0.15, 0.2) is 65.7 Å². The third kappa shape index (κ3) is 3.73. The molecule has 1 heterocycles. The smallest absolute Gasteiger partial charge is 0.347 e. The van der Waals surface area contributed by atoms with Gasteiger partial charge in [-0.3, -0.25) is 14.7 Å². The van der Waals surface area contributed by atoms with E-state index in [4.69, 9.17) is 0 Å². The van der Waals surface area contributed by atoms with Crippen molar-refractivity contribution in [1.82, 2.24) is 9.55 Å². The summed E-state index contributed by atoms with van der Waals surface area (Å²) < 4.78 is 1.48. The molecular weight excluding hydrogens is 334 g/mol. The van der Waals surface area contributed by atoms with Crippen molar-refractivity contribution in [3.63, 3.8) is 0 Å². The molecule has 0 aliphatic rings. The Labute approximate surface area is 148 Å². The number of anilines is 2. The van der Waals surface area contributed by atoms with Crippen LogP contribution in [0.5, 0.6) is 0 Å². The second-order valence-corrected chi connectivity index (χ2v) is 5.45. The van der Waals surface area contributed by atoms with Gasteiger partial charge >= 0.3 is 5.69 Å². The molecule has 0 aliphatic carbocycles. The van der Waals surface area contributed by atoms with Gasteiger partial charge < -0.3 is 5.32 Å². The van der Waals surface area contributed by atoms with Gasteiger partial charge in [-0.15, -0.1) is 0 Å². The SMILES string of the molecule is N#Cc1cc([N+](=O)[O-])ccc1Nc1cccc(Cn2cccnc2=O)c1. The zero-order valence-corrected chi connectivity index (χ0v) is 13.5. The quantitative estimate of drug-likeness (QED) is 0.561. The Bertz CT molecular complexity index is 1070. The molecule has 0 fully saturated rings. The molecule has 0 radical (unpaired) electrons. The summed E-state index contributed by atoms with van der Waals surface area (Å²) in [6, 6.07) is 15.0. The molecule has 0 amide bonds. The normalized spacial score (nSPS) is 10.1. The Morgan fingerprint density at radius 2 is 2.08 bits per heavy atom. The van der Waals surface area contributed by atoms with Crippen molar-refractivity contribution < 1.29 is 4.92 Å². The predicted molar refractivity (Wildman–Crippen MR) is 95.1 cm³/mol. The zero-order valence-electron chi connectivity index (χ0n) is 13.5. The van der Waals surface area contributed by atoms with E-state index in [1.807, 2.05) is 24.3 Å². The van der Waals surface area contributed by atoms with Gasteiger partial charge in [0.15, 0.2) is 0 Å². The Balaban J connectivity index is 1.86. The lowest BCUT2D eigenvalue weighted by Gasteiger charge is -2.10. The molecule has 0 spiro atoms. The first kappa shape index (κ1) is 16.9. The highest BCUT2D eigenvalue weighted by atomic mass is 16.6. The molecule has 0 aliphatic heterocycles. The number of rotatable bonds is 5. The number of nitro groups is 1. The number of hydrogen-bond donors (Lipinski definition) is 1. The van der Waals surface area contributed by atoms with Crippen LogP contribution < -0.4 is 11.0 Å². The van der Waals surface area contributed by atoms with E-state index in [0.717, 1.165) is 5.56 Å². The fourth-order valence-electron chi connectivity index (χ4n) is 2.45. The zero-order chi connectivity index (χ0) is 18.5. The maximum absolute atomic E-state index is 11.7. The lowest BCUT2D eigenvalue weighted by Crippen LogP contribution is -2.21. The van der Waals surface area contributed by atoms with Crippen molar-refractivity contribution in [2.24, 2.45) is 0 Å². The highest BCUT2D eigenvalue weighted by Crippen LogP contribution is 2.25. The van der Waals surface area contributed by atoms with Crippen molar-refractivity contribution >= 4 is 17.1 Å². The van der Waals surface area contributed by atoms with Crippen LogP contribution in [0.1, 0.15) is 11.1 Å². The molecule has 3 rings (SSSR count). The number of nitriles is 1.